The summed E-state index contributed by atoms with van der Waals surface area (Å²) in [5.74, 6) is -1.29. The first-order chi connectivity index (χ1) is 15.9. The van der Waals surface area contributed by atoms with Gasteiger partial charge in [-0.15, -0.1) is 0 Å². The normalized spacial score (nSPS) is 18.2. The number of halogens is 2. The predicted molar refractivity (Wildman–Crippen MR) is 122 cm³/mol. The van der Waals surface area contributed by atoms with Crippen molar-refractivity contribution in [2.24, 2.45) is 5.92 Å². The Morgan fingerprint density at radius 1 is 1.03 bits per heavy atom. The average molecular weight is 450 g/mol. The Morgan fingerprint density at radius 3 is 2.36 bits per heavy atom. The first-order valence-electron chi connectivity index (χ1n) is 10.7. The molecule has 0 aliphatic carbocycles. The van der Waals surface area contributed by atoms with Crippen molar-refractivity contribution in [1.29, 1.82) is 0 Å². The van der Waals surface area contributed by atoms with Crippen molar-refractivity contribution in [1.82, 2.24) is 0 Å². The van der Waals surface area contributed by atoms with Gasteiger partial charge in [0.25, 0.3) is 0 Å². The van der Waals surface area contributed by atoms with Crippen LogP contribution in [0.3, 0.4) is 0 Å². The van der Waals surface area contributed by atoms with Gasteiger partial charge in [0.15, 0.2) is 0 Å². The van der Waals surface area contributed by atoms with Crippen molar-refractivity contribution in [2.75, 3.05) is 17.3 Å². The lowest BCUT2D eigenvalue weighted by Crippen LogP contribution is -2.47. The minimum Gasteiger partial charge on any atom is -0.497 e. The number of rotatable bonds is 5. The largest absolute Gasteiger partial charge is 0.497 e. The zero-order valence-corrected chi connectivity index (χ0v) is 18.3. The molecule has 1 aliphatic rings. The van der Waals surface area contributed by atoms with Gasteiger partial charge in [-0.2, -0.15) is 0 Å². The van der Waals surface area contributed by atoms with Crippen LogP contribution in [0.4, 0.5) is 20.2 Å². The second kappa shape index (κ2) is 9.40. The topological polar surface area (TPSA) is 58.6 Å². The number of methoxy groups -OCH3 is 1. The molecule has 1 saturated heterocycles. The first kappa shape index (κ1) is 22.5. The molecule has 0 aromatic heterocycles. The Kier molecular flexibility index (Phi) is 6.40. The maximum atomic E-state index is 14.0. The molecule has 3 aromatic rings. The van der Waals surface area contributed by atoms with Gasteiger partial charge in [0.2, 0.25) is 11.8 Å². The number of hydrogen-bond donors (Lipinski definition) is 1. The Labute approximate surface area is 191 Å². The second-order valence-corrected chi connectivity index (χ2v) is 8.06. The van der Waals surface area contributed by atoms with Gasteiger partial charge in [-0.25, -0.2) is 8.78 Å². The van der Waals surface area contributed by atoms with Crippen LogP contribution >= 0.6 is 0 Å². The summed E-state index contributed by atoms with van der Waals surface area (Å²) in [7, 11) is 1.55. The molecular weight excluding hydrogens is 426 g/mol. The van der Waals surface area contributed by atoms with E-state index in [1.165, 1.54) is 18.2 Å². The number of carbonyl (C=O) groups excluding carboxylic acids is 2. The molecule has 1 heterocycles. The number of benzene rings is 3. The molecular formula is C26H24F2N2O3. The van der Waals surface area contributed by atoms with E-state index in [0.29, 0.717) is 34.7 Å². The van der Waals surface area contributed by atoms with E-state index in [4.69, 9.17) is 4.74 Å². The van der Waals surface area contributed by atoms with Gasteiger partial charge in [-0.1, -0.05) is 18.2 Å². The van der Waals surface area contributed by atoms with Crippen molar-refractivity contribution >= 4 is 23.2 Å². The van der Waals surface area contributed by atoms with E-state index in [2.05, 4.69) is 5.32 Å². The highest BCUT2D eigenvalue weighted by Crippen LogP contribution is 2.41. The number of nitrogens with one attached hydrogen (secondary N) is 1. The summed E-state index contributed by atoms with van der Waals surface area (Å²) in [4.78, 5) is 28.0. The number of ether oxygens (including phenoxy) is 1. The summed E-state index contributed by atoms with van der Waals surface area (Å²) in [6.07, 6.45) is 0.484. The van der Waals surface area contributed by atoms with E-state index < -0.39 is 23.6 Å². The van der Waals surface area contributed by atoms with Crippen LogP contribution < -0.4 is 15.0 Å². The molecule has 4 rings (SSSR count). The molecule has 5 nitrogen and oxygen atoms in total. The van der Waals surface area contributed by atoms with Crippen molar-refractivity contribution in [3.8, 4) is 5.75 Å². The highest BCUT2D eigenvalue weighted by molar-refractivity contribution is 6.00. The van der Waals surface area contributed by atoms with Crippen molar-refractivity contribution < 1.29 is 23.1 Å². The van der Waals surface area contributed by atoms with E-state index in [-0.39, 0.29) is 18.2 Å². The number of piperidine rings is 1. The van der Waals surface area contributed by atoms with Gasteiger partial charge in [0.05, 0.1) is 19.1 Å². The lowest BCUT2D eigenvalue weighted by Gasteiger charge is -2.41. The molecule has 0 radical (unpaired) electrons. The maximum absolute atomic E-state index is 14.0. The summed E-state index contributed by atoms with van der Waals surface area (Å²) in [6, 6.07) is 16.6. The fraction of sp³-hybridized carbons (Fsp3) is 0.231. The lowest BCUT2D eigenvalue weighted by molar-refractivity contribution is -0.125. The van der Waals surface area contributed by atoms with Crippen LogP contribution in [-0.4, -0.2) is 18.9 Å². The number of amides is 2. The van der Waals surface area contributed by atoms with E-state index in [0.717, 1.165) is 0 Å². The van der Waals surface area contributed by atoms with Crippen molar-refractivity contribution in [3.05, 3.63) is 89.5 Å². The summed E-state index contributed by atoms with van der Waals surface area (Å²) >= 11 is 0. The van der Waals surface area contributed by atoms with Crippen LogP contribution in [0.5, 0.6) is 5.75 Å². The molecule has 7 heteroatoms. The molecule has 0 spiro atoms. The third-order valence-corrected chi connectivity index (χ3v) is 5.94. The minimum atomic E-state index is -0.657. The number of carbonyl (C=O) groups is 2. The molecule has 2 atom stereocenters. The third kappa shape index (κ3) is 4.72. The molecule has 170 valence electrons. The summed E-state index contributed by atoms with van der Waals surface area (Å²) in [5, 5.41) is 2.78. The van der Waals surface area contributed by atoms with E-state index in [1.807, 2.05) is 0 Å². The Balaban J connectivity index is 1.72. The first-order valence-corrected chi connectivity index (χ1v) is 10.7. The van der Waals surface area contributed by atoms with Crippen molar-refractivity contribution in [3.63, 3.8) is 0 Å². The van der Waals surface area contributed by atoms with Gasteiger partial charge in [0.1, 0.15) is 17.4 Å². The van der Waals surface area contributed by atoms with Gasteiger partial charge >= 0.3 is 0 Å². The molecule has 33 heavy (non-hydrogen) atoms. The Morgan fingerprint density at radius 2 is 1.73 bits per heavy atom. The monoisotopic (exact) mass is 450 g/mol. The minimum absolute atomic E-state index is 0.139. The average Bonchev–Trinajstić information content (AvgIpc) is 2.82. The standard InChI is InChI=1S/C26H24F2N2O3/c1-16-3-8-19(15-23(16)28)29-26(32)22-13-14-24(31)30(20-9-11-21(33-2)12-10-20)25(22)17-4-6-18(27)7-5-17/h3-12,15,22,25H,13-14H2,1-2H3,(H,29,32)/t22-,25+/m0/s1. The summed E-state index contributed by atoms with van der Waals surface area (Å²) in [5.41, 5.74) is 2.06. The van der Waals surface area contributed by atoms with Crippen LogP contribution in [0.2, 0.25) is 0 Å². The fourth-order valence-corrected chi connectivity index (χ4v) is 4.16. The molecule has 0 saturated carbocycles. The van der Waals surface area contributed by atoms with E-state index in [1.54, 1.807) is 67.5 Å². The maximum Gasteiger partial charge on any atom is 0.229 e. The smallest absolute Gasteiger partial charge is 0.229 e. The predicted octanol–water partition coefficient (Wildman–Crippen LogP) is 5.40. The molecule has 1 N–H and O–H groups in total. The van der Waals surface area contributed by atoms with Crippen LogP contribution in [0.25, 0.3) is 0 Å². The SMILES string of the molecule is COc1ccc(N2C(=O)CC[C@H](C(=O)Nc3ccc(C)c(F)c3)[C@H]2c2ccc(F)cc2)cc1. The zero-order chi connectivity index (χ0) is 23.5. The van der Waals surface area contributed by atoms with Crippen LogP contribution in [0.15, 0.2) is 66.7 Å². The molecule has 3 aromatic carbocycles. The molecule has 1 fully saturated rings. The Bertz CT molecular complexity index is 1160. The van der Waals surface area contributed by atoms with Crippen LogP contribution in [0, 0.1) is 24.5 Å². The summed E-state index contributed by atoms with van der Waals surface area (Å²) in [6.45, 7) is 1.64. The number of hydrogen-bond acceptors (Lipinski definition) is 3. The summed E-state index contributed by atoms with van der Waals surface area (Å²) < 4.78 is 32.8. The Hall–Kier alpha value is -3.74. The second-order valence-electron chi connectivity index (χ2n) is 8.06. The molecule has 2 amide bonds. The van der Waals surface area contributed by atoms with Crippen LogP contribution in [0.1, 0.15) is 30.0 Å². The van der Waals surface area contributed by atoms with E-state index in [9.17, 15) is 18.4 Å². The quantitative estimate of drug-likeness (QED) is 0.566. The molecule has 1 aliphatic heterocycles. The highest BCUT2D eigenvalue weighted by atomic mass is 19.1. The fourth-order valence-electron chi connectivity index (χ4n) is 4.16. The zero-order valence-electron chi connectivity index (χ0n) is 18.3. The van der Waals surface area contributed by atoms with Gasteiger partial charge in [-0.05, 0) is 73.0 Å². The molecule has 0 bridgehead atoms. The number of aryl methyl sites for hydroxylation is 1. The van der Waals surface area contributed by atoms with Crippen LogP contribution in [-0.2, 0) is 9.59 Å². The molecule has 0 unspecified atom stereocenters. The van der Waals surface area contributed by atoms with Gasteiger partial charge in [-0.3, -0.25) is 9.59 Å². The van der Waals surface area contributed by atoms with Gasteiger partial charge in [0, 0.05) is 17.8 Å². The highest BCUT2D eigenvalue weighted by Gasteiger charge is 2.41. The van der Waals surface area contributed by atoms with Crippen molar-refractivity contribution in [2.45, 2.75) is 25.8 Å². The van der Waals surface area contributed by atoms with Gasteiger partial charge < -0.3 is 15.0 Å². The third-order valence-electron chi connectivity index (χ3n) is 5.94. The number of nitrogens with zero attached hydrogens (tertiary/aromatic N) is 1. The number of anilines is 2. The lowest BCUT2D eigenvalue weighted by atomic mass is 9.83. The van der Waals surface area contributed by atoms with E-state index >= 15 is 0 Å².